The lowest BCUT2D eigenvalue weighted by Gasteiger charge is -2.36. The summed E-state index contributed by atoms with van der Waals surface area (Å²) in [6, 6.07) is 21.7. The Morgan fingerprint density at radius 1 is 0.951 bits per heavy atom. The number of imide groups is 1. The Hall–Kier alpha value is -4.39. The van der Waals surface area contributed by atoms with Crippen molar-refractivity contribution in [2.45, 2.75) is 58.5 Å². The molecular formula is C34H36N4O3. The molecule has 7 heteroatoms. The highest BCUT2D eigenvalue weighted by molar-refractivity contribution is 6.24. The van der Waals surface area contributed by atoms with Gasteiger partial charge in [0.05, 0.1) is 11.3 Å². The van der Waals surface area contributed by atoms with Crippen LogP contribution in [0.1, 0.15) is 78.8 Å². The zero-order chi connectivity index (χ0) is 28.8. The van der Waals surface area contributed by atoms with E-state index >= 15 is 0 Å². The van der Waals surface area contributed by atoms with Gasteiger partial charge in [0.2, 0.25) is 0 Å². The molecule has 0 aliphatic carbocycles. The van der Waals surface area contributed by atoms with Gasteiger partial charge in [-0.05, 0) is 53.1 Å². The van der Waals surface area contributed by atoms with E-state index in [9.17, 15) is 14.4 Å². The number of carbonyl (C=O) groups is 3. The summed E-state index contributed by atoms with van der Waals surface area (Å²) in [5, 5.41) is 4.02. The van der Waals surface area contributed by atoms with E-state index in [4.69, 9.17) is 0 Å². The number of nitrogens with one attached hydrogen (secondary N) is 2. The fourth-order valence-electron chi connectivity index (χ4n) is 6.14. The summed E-state index contributed by atoms with van der Waals surface area (Å²) >= 11 is 0. The highest BCUT2D eigenvalue weighted by atomic mass is 16.2. The van der Waals surface area contributed by atoms with Gasteiger partial charge in [-0.2, -0.15) is 0 Å². The van der Waals surface area contributed by atoms with E-state index < -0.39 is 18.1 Å². The number of aromatic amines is 1. The first-order valence-corrected chi connectivity index (χ1v) is 14.5. The largest absolute Gasteiger partial charge is 0.356 e. The predicted molar refractivity (Wildman–Crippen MR) is 161 cm³/mol. The van der Waals surface area contributed by atoms with Crippen LogP contribution in [0.3, 0.4) is 0 Å². The summed E-state index contributed by atoms with van der Waals surface area (Å²) in [7, 11) is 0. The summed E-state index contributed by atoms with van der Waals surface area (Å²) < 4.78 is 0. The molecule has 1 saturated heterocycles. The van der Waals surface area contributed by atoms with Crippen molar-refractivity contribution in [3.8, 4) is 0 Å². The first kappa shape index (κ1) is 26.8. The van der Waals surface area contributed by atoms with Crippen molar-refractivity contribution in [2.75, 3.05) is 11.4 Å². The zero-order valence-corrected chi connectivity index (χ0v) is 24.0. The standard InChI is InChI=1S/C34H36N4O3/c1-20(2)17-18-35-32(39)25-10-6-8-12-28(25)38-33(40)29-19-26-24-9-5-7-11-27(24)36-30(26)31(37(29)34(38)41)23-15-13-22(14-16-23)21(3)4/h5-16,20-21,29,31,36H,17-19H2,1-4H3,(H,35,39)/t29-,31?/m0/s1. The van der Waals surface area contributed by atoms with Gasteiger partial charge in [0, 0.05) is 29.6 Å². The Balaban J connectivity index is 1.43. The van der Waals surface area contributed by atoms with Gasteiger partial charge in [-0.25, -0.2) is 9.69 Å². The molecule has 2 aliphatic heterocycles. The summed E-state index contributed by atoms with van der Waals surface area (Å²) in [5.74, 6) is 0.226. The molecule has 2 N–H and O–H groups in total. The number of fused-ring (bicyclic) bond motifs is 4. The van der Waals surface area contributed by atoms with Crippen molar-refractivity contribution in [1.82, 2.24) is 15.2 Å². The molecule has 0 radical (unpaired) electrons. The van der Waals surface area contributed by atoms with Crippen LogP contribution in [0.5, 0.6) is 0 Å². The summed E-state index contributed by atoms with van der Waals surface area (Å²) in [6.07, 6.45) is 1.25. The Morgan fingerprint density at radius 3 is 2.39 bits per heavy atom. The molecule has 6 rings (SSSR count). The Kier molecular flexibility index (Phi) is 6.89. The second kappa shape index (κ2) is 10.5. The number of hydrogen-bond acceptors (Lipinski definition) is 3. The molecule has 3 aromatic carbocycles. The van der Waals surface area contributed by atoms with Gasteiger partial charge in [-0.1, -0.05) is 82.3 Å². The van der Waals surface area contributed by atoms with E-state index in [0.717, 1.165) is 34.1 Å². The Morgan fingerprint density at radius 2 is 1.66 bits per heavy atom. The third kappa shape index (κ3) is 4.59. The molecule has 7 nitrogen and oxygen atoms in total. The van der Waals surface area contributed by atoms with Crippen molar-refractivity contribution in [2.24, 2.45) is 5.92 Å². The summed E-state index contributed by atoms with van der Waals surface area (Å²) in [4.78, 5) is 48.1. The first-order chi connectivity index (χ1) is 19.8. The molecule has 1 fully saturated rings. The van der Waals surface area contributed by atoms with E-state index in [1.165, 1.54) is 10.5 Å². The molecule has 41 heavy (non-hydrogen) atoms. The Labute approximate surface area is 240 Å². The lowest BCUT2D eigenvalue weighted by molar-refractivity contribution is -0.120. The van der Waals surface area contributed by atoms with Gasteiger partial charge < -0.3 is 10.3 Å². The maximum atomic E-state index is 14.3. The topological polar surface area (TPSA) is 85.5 Å². The monoisotopic (exact) mass is 548 g/mol. The maximum absolute atomic E-state index is 14.3. The molecule has 3 heterocycles. The number of nitrogens with zero attached hydrogens (tertiary/aromatic N) is 2. The van der Waals surface area contributed by atoms with Crippen LogP contribution in [0.15, 0.2) is 72.8 Å². The number of rotatable bonds is 7. The summed E-state index contributed by atoms with van der Waals surface area (Å²) in [5.41, 5.74) is 5.77. The smallest absolute Gasteiger partial charge is 0.332 e. The van der Waals surface area contributed by atoms with E-state index in [1.807, 2.05) is 18.2 Å². The number of hydrogen-bond donors (Lipinski definition) is 2. The second-order valence-electron chi connectivity index (χ2n) is 11.8. The normalized spacial score (nSPS) is 18.4. The minimum absolute atomic E-state index is 0.288. The summed E-state index contributed by atoms with van der Waals surface area (Å²) in [6.45, 7) is 9.03. The van der Waals surface area contributed by atoms with Crippen LogP contribution in [0.2, 0.25) is 0 Å². The van der Waals surface area contributed by atoms with Gasteiger partial charge in [-0.15, -0.1) is 0 Å². The number of aromatic nitrogens is 1. The maximum Gasteiger partial charge on any atom is 0.332 e. The molecule has 1 aromatic heterocycles. The van der Waals surface area contributed by atoms with Gasteiger partial charge >= 0.3 is 6.03 Å². The number of carbonyl (C=O) groups excluding carboxylic acids is 3. The van der Waals surface area contributed by atoms with E-state index in [2.05, 4.69) is 68.3 Å². The van der Waals surface area contributed by atoms with Gasteiger partial charge in [0.15, 0.2) is 0 Å². The molecule has 0 saturated carbocycles. The van der Waals surface area contributed by atoms with Crippen molar-refractivity contribution in [3.05, 3.63) is 101 Å². The molecule has 2 atom stereocenters. The molecule has 210 valence electrons. The number of H-pyrrole nitrogens is 1. The van der Waals surface area contributed by atoms with Crippen LogP contribution in [-0.4, -0.2) is 40.3 Å². The second-order valence-corrected chi connectivity index (χ2v) is 11.8. The number of anilines is 1. The lowest BCUT2D eigenvalue weighted by Crippen LogP contribution is -2.44. The molecule has 4 aromatic rings. The van der Waals surface area contributed by atoms with Crippen LogP contribution >= 0.6 is 0 Å². The molecule has 1 unspecified atom stereocenters. The molecule has 0 spiro atoms. The minimum atomic E-state index is -0.680. The van der Waals surface area contributed by atoms with Crippen molar-refractivity contribution >= 4 is 34.4 Å². The number of benzene rings is 3. The number of para-hydroxylation sites is 2. The van der Waals surface area contributed by atoms with Crippen LogP contribution in [0.25, 0.3) is 10.9 Å². The highest BCUT2D eigenvalue weighted by Crippen LogP contribution is 2.45. The van der Waals surface area contributed by atoms with E-state index in [-0.39, 0.29) is 11.8 Å². The van der Waals surface area contributed by atoms with Crippen molar-refractivity contribution < 1.29 is 14.4 Å². The average molecular weight is 549 g/mol. The van der Waals surface area contributed by atoms with E-state index in [0.29, 0.717) is 36.1 Å². The lowest BCUT2D eigenvalue weighted by atomic mass is 9.88. The van der Waals surface area contributed by atoms with Gasteiger partial charge in [-0.3, -0.25) is 14.5 Å². The van der Waals surface area contributed by atoms with Crippen LogP contribution in [-0.2, 0) is 11.2 Å². The molecular weight excluding hydrogens is 512 g/mol. The average Bonchev–Trinajstić information content (AvgIpc) is 3.46. The fraction of sp³-hybridized carbons (Fsp3) is 0.324. The van der Waals surface area contributed by atoms with E-state index in [1.54, 1.807) is 29.2 Å². The van der Waals surface area contributed by atoms with Gasteiger partial charge in [0.1, 0.15) is 12.1 Å². The highest BCUT2D eigenvalue weighted by Gasteiger charge is 2.53. The van der Waals surface area contributed by atoms with Crippen LogP contribution in [0, 0.1) is 5.92 Å². The van der Waals surface area contributed by atoms with Gasteiger partial charge in [0.25, 0.3) is 11.8 Å². The number of urea groups is 1. The SMILES string of the molecule is CC(C)CCNC(=O)c1ccccc1N1C(=O)[C@@H]2Cc3c([nH]c4ccccc34)C(c3ccc(C(C)C)cc3)N2C1=O. The molecule has 4 amide bonds. The van der Waals surface area contributed by atoms with Crippen LogP contribution < -0.4 is 10.2 Å². The predicted octanol–water partition coefficient (Wildman–Crippen LogP) is 6.55. The Bertz CT molecular complexity index is 1640. The fourth-order valence-corrected chi connectivity index (χ4v) is 6.14. The van der Waals surface area contributed by atoms with Crippen molar-refractivity contribution in [3.63, 3.8) is 0 Å². The molecule has 0 bridgehead atoms. The first-order valence-electron chi connectivity index (χ1n) is 14.5. The molecule has 2 aliphatic rings. The number of amides is 4. The minimum Gasteiger partial charge on any atom is -0.356 e. The third-order valence-electron chi connectivity index (χ3n) is 8.36. The van der Waals surface area contributed by atoms with Crippen LogP contribution in [0.4, 0.5) is 10.5 Å². The third-order valence-corrected chi connectivity index (χ3v) is 8.36. The zero-order valence-electron chi connectivity index (χ0n) is 24.0. The van der Waals surface area contributed by atoms with Crippen molar-refractivity contribution in [1.29, 1.82) is 0 Å². The quantitative estimate of drug-likeness (QED) is 0.257.